The van der Waals surface area contributed by atoms with E-state index in [1.165, 1.54) is 12.8 Å². The molecule has 0 spiro atoms. The van der Waals surface area contributed by atoms with E-state index in [-0.39, 0.29) is 6.10 Å². The van der Waals surface area contributed by atoms with E-state index in [9.17, 15) is 0 Å². The van der Waals surface area contributed by atoms with Crippen molar-refractivity contribution in [3.63, 3.8) is 0 Å². The van der Waals surface area contributed by atoms with Crippen molar-refractivity contribution in [3.05, 3.63) is 0 Å². The Balaban J connectivity index is 2.17. The van der Waals surface area contributed by atoms with E-state index in [1.54, 1.807) is 0 Å². The van der Waals surface area contributed by atoms with Gasteiger partial charge in [0, 0.05) is 6.61 Å². The monoisotopic (exact) mass is 125 g/mol. The minimum atomic E-state index is 0.240. The molecular weight excluding hydrogens is 114 g/mol. The topological polar surface area (TPSA) is 33.0 Å². The Morgan fingerprint density at radius 2 is 2.44 bits per heavy atom. The average Bonchev–Trinajstić information content (AvgIpc) is 1.91. The molecule has 1 heterocycles. The zero-order chi connectivity index (χ0) is 6.53. The molecule has 1 aliphatic rings. The average molecular weight is 125 g/mol. The number of ether oxygens (including phenoxy) is 1. The summed E-state index contributed by atoms with van der Waals surface area (Å²) < 4.78 is 5.30. The molecule has 1 aliphatic heterocycles. The number of hydrogen-bond acceptors (Lipinski definition) is 2. The van der Waals surface area contributed by atoms with Crippen molar-refractivity contribution in [2.75, 3.05) is 6.61 Å². The minimum Gasteiger partial charge on any atom is -0.377 e. The lowest BCUT2D eigenvalue weighted by molar-refractivity contribution is 0.0195. The van der Waals surface area contributed by atoms with Crippen LogP contribution >= 0.6 is 0 Å². The smallest absolute Gasteiger partial charge is 0.0704 e. The summed E-state index contributed by atoms with van der Waals surface area (Å²) in [7, 11) is 0. The molecule has 0 N–H and O–H groups in total. The standard InChI is InChI=1S/C7H11NO/c8-5-4-7-3-1-2-6-9-7/h7H,1-4,6H2. The summed E-state index contributed by atoms with van der Waals surface area (Å²) in [6, 6.07) is 2.11. The lowest BCUT2D eigenvalue weighted by Crippen LogP contribution is -2.17. The predicted octanol–water partition coefficient (Wildman–Crippen LogP) is 1.47. The second-order valence-corrected chi connectivity index (χ2v) is 2.35. The van der Waals surface area contributed by atoms with Gasteiger partial charge in [-0.1, -0.05) is 0 Å². The maximum Gasteiger partial charge on any atom is 0.0704 e. The highest BCUT2D eigenvalue weighted by Gasteiger charge is 2.11. The summed E-state index contributed by atoms with van der Waals surface area (Å²) in [5.74, 6) is 0. The van der Waals surface area contributed by atoms with Crippen molar-refractivity contribution in [1.82, 2.24) is 0 Å². The highest BCUT2D eigenvalue weighted by atomic mass is 16.5. The van der Waals surface area contributed by atoms with Gasteiger partial charge in [0.2, 0.25) is 0 Å². The van der Waals surface area contributed by atoms with E-state index in [0.29, 0.717) is 6.42 Å². The van der Waals surface area contributed by atoms with Gasteiger partial charge < -0.3 is 4.74 Å². The first-order valence-corrected chi connectivity index (χ1v) is 3.42. The van der Waals surface area contributed by atoms with Gasteiger partial charge in [0.15, 0.2) is 0 Å². The normalized spacial score (nSPS) is 27.2. The fraction of sp³-hybridized carbons (Fsp3) is 0.857. The predicted molar refractivity (Wildman–Crippen MR) is 33.8 cm³/mol. The third-order valence-corrected chi connectivity index (χ3v) is 1.59. The van der Waals surface area contributed by atoms with Gasteiger partial charge >= 0.3 is 0 Å². The van der Waals surface area contributed by atoms with Crippen molar-refractivity contribution in [2.24, 2.45) is 0 Å². The minimum absolute atomic E-state index is 0.240. The summed E-state index contributed by atoms with van der Waals surface area (Å²) in [4.78, 5) is 0. The second-order valence-electron chi connectivity index (χ2n) is 2.35. The van der Waals surface area contributed by atoms with Crippen LogP contribution in [0.4, 0.5) is 0 Å². The number of hydrogen-bond donors (Lipinski definition) is 0. The van der Waals surface area contributed by atoms with Crippen LogP contribution in [-0.4, -0.2) is 12.7 Å². The molecule has 9 heavy (non-hydrogen) atoms. The molecule has 2 heteroatoms. The van der Waals surface area contributed by atoms with Crippen LogP contribution in [0.5, 0.6) is 0 Å². The molecule has 1 fully saturated rings. The van der Waals surface area contributed by atoms with Crippen LogP contribution < -0.4 is 0 Å². The van der Waals surface area contributed by atoms with Crippen LogP contribution in [0.2, 0.25) is 0 Å². The van der Waals surface area contributed by atoms with Gasteiger partial charge in [0.25, 0.3) is 0 Å². The molecule has 0 aromatic heterocycles. The Hall–Kier alpha value is -0.550. The van der Waals surface area contributed by atoms with Crippen molar-refractivity contribution in [1.29, 1.82) is 5.26 Å². The van der Waals surface area contributed by atoms with Crippen LogP contribution in [0, 0.1) is 11.3 Å². The Morgan fingerprint density at radius 3 is 3.00 bits per heavy atom. The Bertz CT molecular complexity index is 111. The first kappa shape index (κ1) is 6.57. The summed E-state index contributed by atoms with van der Waals surface area (Å²) in [6.07, 6.45) is 4.28. The van der Waals surface area contributed by atoms with Crippen LogP contribution in [0.1, 0.15) is 25.7 Å². The molecule has 1 unspecified atom stereocenters. The van der Waals surface area contributed by atoms with Crippen LogP contribution in [-0.2, 0) is 4.74 Å². The highest BCUT2D eigenvalue weighted by molar-refractivity contribution is 4.77. The third kappa shape index (κ3) is 2.03. The highest BCUT2D eigenvalue weighted by Crippen LogP contribution is 2.14. The van der Waals surface area contributed by atoms with E-state index in [1.807, 2.05) is 0 Å². The van der Waals surface area contributed by atoms with E-state index in [0.717, 1.165) is 13.0 Å². The molecule has 1 atom stereocenters. The summed E-state index contributed by atoms with van der Waals surface area (Å²) >= 11 is 0. The van der Waals surface area contributed by atoms with Gasteiger partial charge in [-0.15, -0.1) is 0 Å². The largest absolute Gasteiger partial charge is 0.377 e. The molecule has 0 bridgehead atoms. The van der Waals surface area contributed by atoms with Gasteiger partial charge in [-0.25, -0.2) is 0 Å². The van der Waals surface area contributed by atoms with Crippen LogP contribution in [0.3, 0.4) is 0 Å². The van der Waals surface area contributed by atoms with Gasteiger partial charge in [-0.3, -0.25) is 0 Å². The Kier molecular flexibility index (Phi) is 2.53. The lowest BCUT2D eigenvalue weighted by atomic mass is 10.1. The molecule has 0 saturated carbocycles. The SMILES string of the molecule is N#CCC1CCCCO1. The summed E-state index contributed by atoms with van der Waals surface area (Å²) in [5.41, 5.74) is 0. The fourth-order valence-corrected chi connectivity index (χ4v) is 1.07. The molecule has 2 nitrogen and oxygen atoms in total. The Morgan fingerprint density at radius 1 is 1.56 bits per heavy atom. The van der Waals surface area contributed by atoms with E-state index in [2.05, 4.69) is 6.07 Å². The van der Waals surface area contributed by atoms with Crippen molar-refractivity contribution in [2.45, 2.75) is 31.8 Å². The Labute approximate surface area is 55.4 Å². The number of nitriles is 1. The molecule has 0 amide bonds. The number of rotatable bonds is 1. The van der Waals surface area contributed by atoms with E-state index >= 15 is 0 Å². The molecule has 1 saturated heterocycles. The van der Waals surface area contributed by atoms with E-state index in [4.69, 9.17) is 10.00 Å². The molecule has 0 aromatic rings. The lowest BCUT2D eigenvalue weighted by Gasteiger charge is -2.19. The van der Waals surface area contributed by atoms with Crippen molar-refractivity contribution in [3.8, 4) is 6.07 Å². The van der Waals surface area contributed by atoms with Gasteiger partial charge in [0.05, 0.1) is 18.6 Å². The quantitative estimate of drug-likeness (QED) is 0.531. The molecule has 1 rings (SSSR count). The molecule has 50 valence electrons. The maximum absolute atomic E-state index is 8.29. The number of nitrogens with zero attached hydrogens (tertiary/aromatic N) is 1. The first-order chi connectivity index (χ1) is 4.43. The zero-order valence-corrected chi connectivity index (χ0v) is 5.47. The van der Waals surface area contributed by atoms with Gasteiger partial charge in [-0.2, -0.15) is 5.26 Å². The fourth-order valence-electron chi connectivity index (χ4n) is 1.07. The molecule has 0 radical (unpaired) electrons. The third-order valence-electron chi connectivity index (χ3n) is 1.59. The molecule has 0 aromatic carbocycles. The van der Waals surface area contributed by atoms with E-state index < -0.39 is 0 Å². The molecule has 0 aliphatic carbocycles. The second kappa shape index (κ2) is 3.47. The van der Waals surface area contributed by atoms with Crippen molar-refractivity contribution >= 4 is 0 Å². The van der Waals surface area contributed by atoms with Crippen LogP contribution in [0.25, 0.3) is 0 Å². The zero-order valence-electron chi connectivity index (χ0n) is 5.47. The van der Waals surface area contributed by atoms with Crippen molar-refractivity contribution < 1.29 is 4.74 Å². The van der Waals surface area contributed by atoms with Crippen LogP contribution in [0.15, 0.2) is 0 Å². The summed E-state index contributed by atoms with van der Waals surface area (Å²) in [6.45, 7) is 0.854. The first-order valence-electron chi connectivity index (χ1n) is 3.42. The summed E-state index contributed by atoms with van der Waals surface area (Å²) in [5, 5.41) is 8.29. The maximum atomic E-state index is 8.29. The van der Waals surface area contributed by atoms with Gasteiger partial charge in [0.1, 0.15) is 0 Å². The molecular formula is C7H11NO. The van der Waals surface area contributed by atoms with Gasteiger partial charge in [-0.05, 0) is 19.3 Å².